The van der Waals surface area contributed by atoms with Gasteiger partial charge < -0.3 is 4.74 Å². The molecule has 37 heavy (non-hydrogen) atoms. The maximum absolute atomic E-state index is 14.0. The number of sulfonamides is 1. The average Bonchev–Trinajstić information content (AvgIpc) is 2.81. The Labute approximate surface area is 214 Å². The molecule has 1 unspecified atom stereocenters. The van der Waals surface area contributed by atoms with E-state index in [1.165, 1.54) is 43.5 Å². The molecule has 2 rings (SSSR count). The molecule has 0 heterocycles. The highest BCUT2D eigenvalue weighted by Gasteiger charge is 2.72. The second-order valence-corrected chi connectivity index (χ2v) is 10.3. The van der Waals surface area contributed by atoms with E-state index in [1.807, 2.05) is 0 Å². The van der Waals surface area contributed by atoms with Crippen LogP contribution in [0.1, 0.15) is 42.9 Å². The minimum atomic E-state index is -6.50. The summed E-state index contributed by atoms with van der Waals surface area (Å²) in [5, 5.41) is 0.201. The third-order valence-electron chi connectivity index (χ3n) is 5.44. The Morgan fingerprint density at radius 2 is 1.54 bits per heavy atom. The van der Waals surface area contributed by atoms with E-state index in [9.17, 15) is 43.9 Å². The number of carbonyl (C=O) groups is 1. The number of benzene rings is 2. The van der Waals surface area contributed by atoms with E-state index in [0.29, 0.717) is 18.4 Å². The number of nitrogens with one attached hydrogen (secondary N) is 1. The molecule has 0 fully saturated rings. The van der Waals surface area contributed by atoms with Gasteiger partial charge in [-0.2, -0.15) is 30.7 Å². The number of methoxy groups -OCH3 is 1. The second-order valence-electron chi connectivity index (χ2n) is 8.11. The number of ether oxygens (including phenoxy) is 1. The van der Waals surface area contributed by atoms with Gasteiger partial charge in [-0.1, -0.05) is 35.9 Å². The third kappa shape index (κ3) is 8.05. The summed E-state index contributed by atoms with van der Waals surface area (Å²) in [5.74, 6) is -12.2. The number of carbonyl (C=O) groups excluding carboxylic acids is 1. The van der Waals surface area contributed by atoms with Crippen molar-refractivity contribution in [2.24, 2.45) is 0 Å². The Hall–Kier alpha value is -2.38. The molecule has 0 amide bonds. The van der Waals surface area contributed by atoms with Gasteiger partial charge in [-0.05, 0) is 54.7 Å². The minimum absolute atomic E-state index is 0.0559. The third-order valence-corrected chi connectivity index (χ3v) is 7.18. The highest BCUT2D eigenvalue weighted by Crippen LogP contribution is 2.49. The monoisotopic (exact) mass is 577 g/mol. The molecule has 0 aromatic heterocycles. The molecule has 0 saturated carbocycles. The van der Waals surface area contributed by atoms with Crippen LogP contribution in [0.4, 0.5) is 30.7 Å². The topological polar surface area (TPSA) is 72.5 Å². The van der Waals surface area contributed by atoms with Gasteiger partial charge in [0, 0.05) is 23.9 Å². The summed E-state index contributed by atoms with van der Waals surface area (Å²) in [6.45, 7) is 0. The Morgan fingerprint density at radius 3 is 2.05 bits per heavy atom. The van der Waals surface area contributed by atoms with Crippen molar-refractivity contribution in [3.63, 3.8) is 0 Å². The molecule has 1 atom stereocenters. The maximum Gasteiger partial charge on any atom is 0.459 e. The fourth-order valence-electron chi connectivity index (χ4n) is 3.31. The molecule has 14 heteroatoms. The Bertz CT molecular complexity index is 1160. The predicted octanol–water partition coefficient (Wildman–Crippen LogP) is 6.47. The fraction of sp³-hybridized carbons (Fsp3) is 0.435. The first-order valence-electron chi connectivity index (χ1n) is 10.8. The van der Waals surface area contributed by atoms with Crippen molar-refractivity contribution in [2.45, 2.75) is 61.1 Å². The highest BCUT2D eigenvalue weighted by atomic mass is 35.5. The van der Waals surface area contributed by atoms with Gasteiger partial charge in [-0.3, -0.25) is 4.79 Å². The summed E-state index contributed by atoms with van der Waals surface area (Å²) >= 11 is 5.73. The SMILES string of the molecule is COC(=O)CCCc1ccc(C(CCC(F)(F)C(F)(F)C(F)(F)F)NS(=O)(=O)c2ccc(Cl)cc2)cc1. The number of alkyl halides is 7. The van der Waals surface area contributed by atoms with Crippen LogP contribution < -0.4 is 4.72 Å². The summed E-state index contributed by atoms with van der Waals surface area (Å²) in [4.78, 5) is 10.9. The van der Waals surface area contributed by atoms with Crippen molar-refractivity contribution in [1.82, 2.24) is 4.72 Å². The zero-order chi connectivity index (χ0) is 28.1. The largest absolute Gasteiger partial charge is 0.469 e. The zero-order valence-electron chi connectivity index (χ0n) is 19.3. The first-order valence-corrected chi connectivity index (χ1v) is 12.6. The van der Waals surface area contributed by atoms with Crippen LogP contribution in [-0.4, -0.2) is 39.5 Å². The van der Waals surface area contributed by atoms with Gasteiger partial charge in [-0.25, -0.2) is 13.1 Å². The van der Waals surface area contributed by atoms with E-state index in [2.05, 4.69) is 9.46 Å². The van der Waals surface area contributed by atoms with Crippen molar-refractivity contribution < 1.29 is 48.7 Å². The molecule has 0 radical (unpaired) electrons. The van der Waals surface area contributed by atoms with Crippen LogP contribution in [0.2, 0.25) is 5.02 Å². The lowest BCUT2D eigenvalue weighted by Crippen LogP contribution is -2.52. The smallest absolute Gasteiger partial charge is 0.459 e. The normalized spacial score (nSPS) is 13.9. The maximum atomic E-state index is 14.0. The van der Waals surface area contributed by atoms with Gasteiger partial charge >= 0.3 is 24.0 Å². The van der Waals surface area contributed by atoms with E-state index < -0.39 is 52.9 Å². The van der Waals surface area contributed by atoms with Crippen molar-refractivity contribution in [3.8, 4) is 0 Å². The van der Waals surface area contributed by atoms with E-state index in [1.54, 1.807) is 0 Å². The predicted molar refractivity (Wildman–Crippen MR) is 121 cm³/mol. The first-order chi connectivity index (χ1) is 17.0. The lowest BCUT2D eigenvalue weighted by atomic mass is 9.96. The molecular weight excluding hydrogens is 555 g/mol. The summed E-state index contributed by atoms with van der Waals surface area (Å²) < 4.78 is 125. The number of esters is 1. The number of rotatable bonds is 12. The molecule has 206 valence electrons. The van der Waals surface area contributed by atoms with Gasteiger partial charge in [0.2, 0.25) is 10.0 Å². The van der Waals surface area contributed by atoms with E-state index in [4.69, 9.17) is 11.6 Å². The van der Waals surface area contributed by atoms with Crippen LogP contribution in [0.25, 0.3) is 0 Å². The number of hydrogen-bond acceptors (Lipinski definition) is 4. The van der Waals surface area contributed by atoms with Crippen molar-refractivity contribution >= 4 is 27.6 Å². The van der Waals surface area contributed by atoms with Crippen molar-refractivity contribution in [2.75, 3.05) is 7.11 Å². The van der Waals surface area contributed by atoms with Crippen LogP contribution in [0, 0.1) is 0 Å². The van der Waals surface area contributed by atoms with E-state index in [0.717, 1.165) is 12.1 Å². The average molecular weight is 578 g/mol. The van der Waals surface area contributed by atoms with Gasteiger partial charge in [0.05, 0.1) is 12.0 Å². The molecule has 0 aliphatic carbocycles. The van der Waals surface area contributed by atoms with Crippen LogP contribution >= 0.6 is 11.6 Å². The number of hydrogen-bond donors (Lipinski definition) is 1. The lowest BCUT2D eigenvalue weighted by Gasteiger charge is -2.29. The molecule has 0 spiro atoms. The van der Waals surface area contributed by atoms with Gasteiger partial charge in [-0.15, -0.1) is 0 Å². The van der Waals surface area contributed by atoms with Crippen LogP contribution in [0.3, 0.4) is 0 Å². The van der Waals surface area contributed by atoms with Gasteiger partial charge in [0.1, 0.15) is 0 Å². The minimum Gasteiger partial charge on any atom is -0.469 e. The van der Waals surface area contributed by atoms with Gasteiger partial charge in [0.25, 0.3) is 0 Å². The van der Waals surface area contributed by atoms with E-state index in [-0.39, 0.29) is 21.9 Å². The molecule has 2 aromatic rings. The second kappa shape index (κ2) is 12.0. The summed E-state index contributed by atoms with van der Waals surface area (Å²) in [5.41, 5.74) is 0.737. The van der Waals surface area contributed by atoms with Crippen LogP contribution in [0.15, 0.2) is 53.4 Å². The molecule has 0 aliphatic heterocycles. The molecule has 2 aromatic carbocycles. The first kappa shape index (κ1) is 30.8. The Kier molecular flexibility index (Phi) is 10.00. The molecule has 1 N–H and O–H groups in total. The molecule has 5 nitrogen and oxygen atoms in total. The summed E-state index contributed by atoms with van der Waals surface area (Å²) in [6.07, 6.45) is -8.59. The molecule has 0 aliphatic rings. The zero-order valence-corrected chi connectivity index (χ0v) is 20.9. The summed E-state index contributed by atoms with van der Waals surface area (Å²) in [6, 6.07) is 8.80. The standard InChI is InChI=1S/C23H23ClF7NO4S/c1-36-20(33)4-2-3-15-5-7-16(8-6-15)19(13-14-21(25,26)22(27,28)23(29,30)31)32-37(34,35)18-11-9-17(24)10-12-18/h5-12,19,32H,2-4,13-14H2,1H3. The van der Waals surface area contributed by atoms with Crippen LogP contribution in [0.5, 0.6) is 0 Å². The van der Waals surface area contributed by atoms with Crippen molar-refractivity contribution in [1.29, 1.82) is 0 Å². The molecular formula is C23H23ClF7NO4S. The number of halogens is 8. The van der Waals surface area contributed by atoms with Crippen LogP contribution in [-0.2, 0) is 26.0 Å². The van der Waals surface area contributed by atoms with E-state index >= 15 is 0 Å². The highest BCUT2D eigenvalue weighted by molar-refractivity contribution is 7.89. The summed E-state index contributed by atoms with van der Waals surface area (Å²) in [7, 11) is -3.17. The quantitative estimate of drug-likeness (QED) is 0.232. The number of aryl methyl sites for hydroxylation is 1. The molecule has 0 saturated heterocycles. The fourth-order valence-corrected chi connectivity index (χ4v) is 4.69. The Balaban J connectivity index is 2.30. The lowest BCUT2D eigenvalue weighted by molar-refractivity contribution is -0.355. The van der Waals surface area contributed by atoms with Crippen molar-refractivity contribution in [3.05, 3.63) is 64.7 Å². The van der Waals surface area contributed by atoms with Gasteiger partial charge in [0.15, 0.2) is 0 Å². The Morgan fingerprint density at radius 1 is 0.973 bits per heavy atom. The molecule has 0 bridgehead atoms.